The molecule has 0 radical (unpaired) electrons. The molecule has 1 atom stereocenters. The van der Waals surface area contributed by atoms with Gasteiger partial charge in [0.05, 0.1) is 12.2 Å². The summed E-state index contributed by atoms with van der Waals surface area (Å²) in [6, 6.07) is 12.7. The molecule has 1 aromatic heterocycles. The fourth-order valence-electron chi connectivity index (χ4n) is 4.02. The van der Waals surface area contributed by atoms with Gasteiger partial charge in [-0.3, -0.25) is 4.98 Å². The van der Waals surface area contributed by atoms with Crippen LogP contribution in [-0.4, -0.2) is 22.7 Å². The number of nitrogens with zero attached hydrogens (tertiary/aromatic N) is 1. The molecule has 2 aromatic carbocycles. The van der Waals surface area contributed by atoms with Crippen molar-refractivity contribution in [1.82, 2.24) is 4.98 Å². The number of aromatic carboxylic acids is 1. The van der Waals surface area contributed by atoms with Crippen molar-refractivity contribution in [3.05, 3.63) is 82.9 Å². The molecule has 4 nitrogen and oxygen atoms in total. The highest BCUT2D eigenvalue weighted by molar-refractivity contribution is 5.89. The Hall–Kier alpha value is -3.21. The lowest BCUT2D eigenvalue weighted by Gasteiger charge is -2.27. The van der Waals surface area contributed by atoms with Gasteiger partial charge < -0.3 is 9.84 Å². The molecule has 4 rings (SSSR count). The van der Waals surface area contributed by atoms with E-state index in [0.717, 1.165) is 40.8 Å². The van der Waals surface area contributed by atoms with Crippen molar-refractivity contribution < 1.29 is 19.0 Å². The first-order chi connectivity index (χ1) is 14.0. The van der Waals surface area contributed by atoms with Crippen LogP contribution in [-0.2, 0) is 6.42 Å². The van der Waals surface area contributed by atoms with Gasteiger partial charge in [0.25, 0.3) is 0 Å². The van der Waals surface area contributed by atoms with Gasteiger partial charge in [0.1, 0.15) is 11.6 Å². The van der Waals surface area contributed by atoms with Crippen LogP contribution < -0.4 is 4.74 Å². The number of halogens is 1. The summed E-state index contributed by atoms with van der Waals surface area (Å²) >= 11 is 0. The second-order valence-corrected chi connectivity index (χ2v) is 7.38. The third kappa shape index (κ3) is 3.86. The van der Waals surface area contributed by atoms with E-state index in [4.69, 9.17) is 4.74 Å². The molecule has 0 saturated carbocycles. The highest BCUT2D eigenvalue weighted by atomic mass is 19.1. The maximum absolute atomic E-state index is 13.9. The molecule has 0 amide bonds. The van der Waals surface area contributed by atoms with Gasteiger partial charge in [0.15, 0.2) is 0 Å². The molecular weight excluding hydrogens is 369 g/mol. The molecule has 0 spiro atoms. The van der Waals surface area contributed by atoms with Crippen LogP contribution in [0.25, 0.3) is 11.1 Å². The van der Waals surface area contributed by atoms with Crippen molar-refractivity contribution in [2.24, 2.45) is 0 Å². The predicted molar refractivity (Wildman–Crippen MR) is 109 cm³/mol. The second kappa shape index (κ2) is 8.03. The summed E-state index contributed by atoms with van der Waals surface area (Å²) in [5.74, 6) is -0.0371. The number of aryl methyl sites for hydroxylation is 1. The minimum Gasteiger partial charge on any atom is -0.493 e. The molecule has 0 saturated heterocycles. The van der Waals surface area contributed by atoms with Crippen molar-refractivity contribution in [1.29, 1.82) is 0 Å². The number of fused-ring (bicyclic) bond motifs is 1. The molecule has 0 fully saturated rings. The van der Waals surface area contributed by atoms with Crippen molar-refractivity contribution >= 4 is 5.97 Å². The quantitative estimate of drug-likeness (QED) is 0.633. The van der Waals surface area contributed by atoms with Crippen LogP contribution in [0, 0.1) is 12.7 Å². The lowest BCUT2D eigenvalue weighted by molar-refractivity contribution is 0.0695. The molecule has 2 heterocycles. The Morgan fingerprint density at radius 3 is 2.97 bits per heavy atom. The van der Waals surface area contributed by atoms with Gasteiger partial charge in [-0.2, -0.15) is 0 Å². The first-order valence-corrected chi connectivity index (χ1v) is 9.73. The number of carboxylic acid groups (broad SMARTS) is 1. The number of carboxylic acids is 1. The summed E-state index contributed by atoms with van der Waals surface area (Å²) in [5, 5.41) is 9.37. The average molecular weight is 391 g/mol. The van der Waals surface area contributed by atoms with Crippen LogP contribution in [0.1, 0.15) is 45.8 Å². The van der Waals surface area contributed by atoms with Crippen molar-refractivity contribution in [3.63, 3.8) is 0 Å². The Morgan fingerprint density at radius 1 is 1.28 bits per heavy atom. The number of aromatic nitrogens is 1. The van der Waals surface area contributed by atoms with Crippen molar-refractivity contribution in [2.75, 3.05) is 6.61 Å². The van der Waals surface area contributed by atoms with Crippen LogP contribution in [0.3, 0.4) is 0 Å². The van der Waals surface area contributed by atoms with Crippen LogP contribution in [0.4, 0.5) is 4.39 Å². The lowest BCUT2D eigenvalue weighted by Crippen LogP contribution is -2.15. The first-order valence-electron chi connectivity index (χ1n) is 9.73. The lowest BCUT2D eigenvalue weighted by atomic mass is 9.86. The first kappa shape index (κ1) is 19.1. The van der Waals surface area contributed by atoms with Crippen molar-refractivity contribution in [3.8, 4) is 16.9 Å². The van der Waals surface area contributed by atoms with Crippen LogP contribution in [0.15, 0.2) is 54.9 Å². The number of pyridine rings is 1. The van der Waals surface area contributed by atoms with Crippen LogP contribution in [0.5, 0.6) is 5.75 Å². The molecular formula is C24H22FNO3. The summed E-state index contributed by atoms with van der Waals surface area (Å²) in [6.45, 7) is 2.39. The minimum atomic E-state index is -0.926. The second-order valence-electron chi connectivity index (χ2n) is 7.38. The van der Waals surface area contributed by atoms with Gasteiger partial charge >= 0.3 is 5.97 Å². The number of hydrogen-bond donors (Lipinski definition) is 1. The van der Waals surface area contributed by atoms with E-state index in [1.54, 1.807) is 25.3 Å². The SMILES string of the molecule is Cc1c(F)cccc1-c1ccc2c(c1)OCC[C@H]2CCc1cnccc1C(=O)O. The molecule has 0 unspecified atom stereocenters. The van der Waals surface area contributed by atoms with Crippen LogP contribution in [0.2, 0.25) is 0 Å². The molecule has 0 aliphatic carbocycles. The number of carbonyl (C=O) groups is 1. The largest absolute Gasteiger partial charge is 0.493 e. The van der Waals surface area contributed by atoms with Gasteiger partial charge in [0, 0.05) is 12.4 Å². The predicted octanol–water partition coefficient (Wildman–Crippen LogP) is 5.39. The molecule has 5 heteroatoms. The fraction of sp³-hybridized carbons (Fsp3) is 0.250. The summed E-state index contributed by atoms with van der Waals surface area (Å²) in [6.07, 6.45) is 5.49. The third-order valence-corrected chi connectivity index (χ3v) is 5.65. The number of ether oxygens (including phenoxy) is 1. The monoisotopic (exact) mass is 391 g/mol. The maximum atomic E-state index is 13.9. The summed E-state index contributed by atoms with van der Waals surface area (Å²) in [5.41, 5.74) is 4.60. The van der Waals surface area contributed by atoms with Gasteiger partial charge in [-0.25, -0.2) is 9.18 Å². The minimum absolute atomic E-state index is 0.218. The zero-order valence-electron chi connectivity index (χ0n) is 16.2. The van der Waals surface area contributed by atoms with E-state index >= 15 is 0 Å². The van der Waals surface area contributed by atoms with E-state index in [-0.39, 0.29) is 11.7 Å². The summed E-state index contributed by atoms with van der Waals surface area (Å²) in [7, 11) is 0. The number of benzene rings is 2. The topological polar surface area (TPSA) is 59.4 Å². The Balaban J connectivity index is 1.58. The Bertz CT molecular complexity index is 1060. The summed E-state index contributed by atoms with van der Waals surface area (Å²) in [4.78, 5) is 15.5. The Labute approximate surface area is 169 Å². The molecule has 1 aliphatic heterocycles. The molecule has 1 N–H and O–H groups in total. The molecule has 0 bridgehead atoms. The van der Waals surface area contributed by atoms with E-state index in [1.807, 2.05) is 18.2 Å². The summed E-state index contributed by atoms with van der Waals surface area (Å²) < 4.78 is 19.8. The van der Waals surface area contributed by atoms with E-state index < -0.39 is 5.97 Å². The Morgan fingerprint density at radius 2 is 2.14 bits per heavy atom. The van der Waals surface area contributed by atoms with E-state index in [1.165, 1.54) is 12.3 Å². The van der Waals surface area contributed by atoms with Gasteiger partial charge in [-0.05, 0) is 78.1 Å². The van der Waals surface area contributed by atoms with Gasteiger partial charge in [-0.1, -0.05) is 24.3 Å². The zero-order chi connectivity index (χ0) is 20.4. The van der Waals surface area contributed by atoms with E-state index in [2.05, 4.69) is 11.1 Å². The molecule has 29 heavy (non-hydrogen) atoms. The zero-order valence-corrected chi connectivity index (χ0v) is 16.2. The van der Waals surface area contributed by atoms with Crippen molar-refractivity contribution in [2.45, 2.75) is 32.1 Å². The highest BCUT2D eigenvalue weighted by Crippen LogP contribution is 2.39. The maximum Gasteiger partial charge on any atom is 0.336 e. The van der Waals surface area contributed by atoms with Gasteiger partial charge in [0.2, 0.25) is 0 Å². The van der Waals surface area contributed by atoms with Gasteiger partial charge in [-0.15, -0.1) is 0 Å². The third-order valence-electron chi connectivity index (χ3n) is 5.65. The van der Waals surface area contributed by atoms with Crippen LogP contribution >= 0.6 is 0 Å². The molecule has 3 aromatic rings. The molecule has 148 valence electrons. The standard InChI is InChI=1S/C24H22FNO3/c1-15-19(3-2-4-22(15)25)17-7-8-20-16(10-12-29-23(20)13-17)5-6-18-14-26-11-9-21(18)24(27)28/h2-4,7-9,11,13-14,16H,5-6,10,12H2,1H3,(H,27,28)/t16-/m1/s1. The van der Waals surface area contributed by atoms with E-state index in [0.29, 0.717) is 24.2 Å². The highest BCUT2D eigenvalue weighted by Gasteiger charge is 2.23. The molecule has 1 aliphatic rings. The average Bonchev–Trinajstić information content (AvgIpc) is 2.74. The normalized spacial score (nSPS) is 15.4. The smallest absolute Gasteiger partial charge is 0.336 e. The number of rotatable bonds is 5. The number of hydrogen-bond acceptors (Lipinski definition) is 3. The fourth-order valence-corrected chi connectivity index (χ4v) is 4.02. The van der Waals surface area contributed by atoms with E-state index in [9.17, 15) is 14.3 Å². The Kier molecular flexibility index (Phi) is 5.30.